The minimum absolute atomic E-state index is 0.181. The van der Waals surface area contributed by atoms with Gasteiger partial charge in [0.2, 0.25) is 0 Å². The van der Waals surface area contributed by atoms with Crippen LogP contribution in [0.5, 0.6) is 0 Å². The molecule has 2 N–H and O–H groups in total. The highest BCUT2D eigenvalue weighted by atomic mass is 32.2. The number of nitrogens with one attached hydrogen (secondary N) is 2. The van der Waals surface area contributed by atoms with Gasteiger partial charge in [-0.1, -0.05) is 19.1 Å². The molecule has 9 heteroatoms. The van der Waals surface area contributed by atoms with Gasteiger partial charge >= 0.3 is 0 Å². The zero-order valence-electron chi connectivity index (χ0n) is 17.4. The second-order valence-corrected chi connectivity index (χ2v) is 9.51. The summed E-state index contributed by atoms with van der Waals surface area (Å²) in [4.78, 5) is 2.45. The summed E-state index contributed by atoms with van der Waals surface area (Å²) in [6.45, 7) is 7.66. The van der Waals surface area contributed by atoms with E-state index in [2.05, 4.69) is 36.9 Å². The molecule has 1 aliphatic heterocycles. The van der Waals surface area contributed by atoms with E-state index in [0.29, 0.717) is 17.1 Å². The van der Waals surface area contributed by atoms with Gasteiger partial charge < -0.3 is 4.90 Å². The van der Waals surface area contributed by atoms with Crippen molar-refractivity contribution in [3.63, 3.8) is 0 Å². The van der Waals surface area contributed by atoms with Gasteiger partial charge in [-0.15, -0.1) is 10.2 Å². The Morgan fingerprint density at radius 2 is 1.73 bits per heavy atom. The first-order chi connectivity index (χ1) is 14.3. The summed E-state index contributed by atoms with van der Waals surface area (Å²) in [5, 5.41) is 15.4. The summed E-state index contributed by atoms with van der Waals surface area (Å²) < 4.78 is 27.9. The van der Waals surface area contributed by atoms with Crippen molar-refractivity contribution in [2.75, 3.05) is 22.7 Å². The van der Waals surface area contributed by atoms with Crippen LogP contribution in [0.15, 0.2) is 41.3 Å². The molecule has 30 heavy (non-hydrogen) atoms. The third-order valence-electron chi connectivity index (χ3n) is 5.52. The first-order valence-electron chi connectivity index (χ1n) is 10.1. The fourth-order valence-electron chi connectivity index (χ4n) is 3.74. The van der Waals surface area contributed by atoms with Crippen molar-refractivity contribution in [3.8, 4) is 11.3 Å². The zero-order valence-corrected chi connectivity index (χ0v) is 18.2. The van der Waals surface area contributed by atoms with Crippen molar-refractivity contribution >= 4 is 21.5 Å². The van der Waals surface area contributed by atoms with Crippen molar-refractivity contribution in [1.29, 1.82) is 0 Å². The van der Waals surface area contributed by atoms with Crippen LogP contribution in [0, 0.1) is 19.8 Å². The average molecular weight is 427 g/mol. The smallest absolute Gasteiger partial charge is 0.265 e. The molecule has 0 unspecified atom stereocenters. The predicted molar refractivity (Wildman–Crippen MR) is 117 cm³/mol. The second kappa shape index (κ2) is 8.06. The van der Waals surface area contributed by atoms with Crippen molar-refractivity contribution in [3.05, 3.63) is 47.8 Å². The first kappa shape index (κ1) is 20.3. The lowest BCUT2D eigenvalue weighted by atomic mass is 9.99. The molecule has 0 aliphatic carbocycles. The maximum atomic E-state index is 12.7. The highest BCUT2D eigenvalue weighted by Gasteiger charge is 2.22. The summed E-state index contributed by atoms with van der Waals surface area (Å²) in [5.74, 6) is 1.67. The maximum Gasteiger partial charge on any atom is 0.265 e. The van der Waals surface area contributed by atoms with Crippen molar-refractivity contribution in [2.45, 2.75) is 38.5 Å². The van der Waals surface area contributed by atoms with Gasteiger partial charge in [0.1, 0.15) is 4.90 Å². The van der Waals surface area contributed by atoms with Gasteiger partial charge in [-0.2, -0.15) is 5.10 Å². The standard InChI is InChI=1S/C21H26N6O2S/c1-14-10-12-27(13-11-14)20-9-8-19(24-25-20)17-4-6-18(7-5-17)26-30(28,29)21-15(2)22-23-16(21)3/h4-9,14,26H,10-13H2,1-3H3,(H,22,23). The zero-order chi connectivity index (χ0) is 21.3. The third-order valence-corrected chi connectivity index (χ3v) is 7.16. The highest BCUT2D eigenvalue weighted by molar-refractivity contribution is 7.92. The Labute approximate surface area is 176 Å². The molecule has 4 rings (SSSR count). The van der Waals surface area contributed by atoms with E-state index in [9.17, 15) is 8.42 Å². The Bertz CT molecular complexity index is 1100. The molecule has 0 radical (unpaired) electrons. The summed E-state index contributed by atoms with van der Waals surface area (Å²) >= 11 is 0. The summed E-state index contributed by atoms with van der Waals surface area (Å²) in [7, 11) is -3.71. The number of hydrogen-bond donors (Lipinski definition) is 2. The molecule has 2 aromatic heterocycles. The van der Waals surface area contributed by atoms with Gasteiger partial charge in [0, 0.05) is 24.3 Å². The number of H-pyrrole nitrogens is 1. The molecule has 0 atom stereocenters. The van der Waals surface area contributed by atoms with Crippen LogP contribution in [0.2, 0.25) is 0 Å². The maximum absolute atomic E-state index is 12.7. The van der Waals surface area contributed by atoms with Crippen LogP contribution in [-0.4, -0.2) is 41.9 Å². The largest absolute Gasteiger partial charge is 0.355 e. The third kappa shape index (κ3) is 4.16. The van der Waals surface area contributed by atoms with Gasteiger partial charge in [0.15, 0.2) is 5.82 Å². The van der Waals surface area contributed by atoms with Crippen LogP contribution in [0.25, 0.3) is 11.3 Å². The molecule has 0 spiro atoms. The van der Waals surface area contributed by atoms with Crippen molar-refractivity contribution in [1.82, 2.24) is 20.4 Å². The molecule has 8 nitrogen and oxygen atoms in total. The van der Waals surface area contributed by atoms with Gasteiger partial charge in [-0.25, -0.2) is 8.42 Å². The summed E-state index contributed by atoms with van der Waals surface area (Å²) in [5.41, 5.74) is 3.05. The first-order valence-corrected chi connectivity index (χ1v) is 11.6. The molecule has 158 valence electrons. The monoisotopic (exact) mass is 426 g/mol. The predicted octanol–water partition coefficient (Wildman–Crippen LogP) is 3.52. The van der Waals surface area contributed by atoms with Gasteiger partial charge in [-0.05, 0) is 56.9 Å². The fraction of sp³-hybridized carbons (Fsp3) is 0.381. The van der Waals surface area contributed by atoms with Crippen LogP contribution in [-0.2, 0) is 10.0 Å². The molecular weight excluding hydrogens is 400 g/mol. The van der Waals surface area contributed by atoms with Crippen LogP contribution in [0.4, 0.5) is 11.5 Å². The molecule has 1 aromatic carbocycles. The van der Waals surface area contributed by atoms with Crippen LogP contribution in [0.3, 0.4) is 0 Å². The molecular formula is C21H26N6O2S. The van der Waals surface area contributed by atoms with E-state index in [1.54, 1.807) is 26.0 Å². The van der Waals surface area contributed by atoms with Crippen LogP contribution < -0.4 is 9.62 Å². The number of aromatic nitrogens is 4. The molecule has 0 saturated carbocycles. The van der Waals surface area contributed by atoms with Gasteiger partial charge in [0.05, 0.1) is 17.1 Å². The number of aromatic amines is 1. The lowest BCUT2D eigenvalue weighted by molar-refractivity contribution is 0.436. The summed E-state index contributed by atoms with van der Waals surface area (Å²) in [6, 6.07) is 11.1. The number of nitrogens with zero attached hydrogens (tertiary/aromatic N) is 4. The number of hydrogen-bond acceptors (Lipinski definition) is 6. The lowest BCUT2D eigenvalue weighted by Crippen LogP contribution is -2.33. The Kier molecular flexibility index (Phi) is 5.46. The van der Waals surface area contributed by atoms with E-state index in [-0.39, 0.29) is 4.90 Å². The van der Waals surface area contributed by atoms with E-state index < -0.39 is 10.0 Å². The highest BCUT2D eigenvalue weighted by Crippen LogP contribution is 2.25. The van der Waals surface area contributed by atoms with E-state index >= 15 is 0 Å². The van der Waals surface area contributed by atoms with Crippen molar-refractivity contribution in [2.24, 2.45) is 5.92 Å². The van der Waals surface area contributed by atoms with Crippen LogP contribution in [0.1, 0.15) is 31.2 Å². The Morgan fingerprint density at radius 3 is 2.30 bits per heavy atom. The summed E-state index contributed by atoms with van der Waals surface area (Å²) in [6.07, 6.45) is 2.36. The Morgan fingerprint density at radius 1 is 1.03 bits per heavy atom. The number of aryl methyl sites for hydroxylation is 2. The molecule has 0 bridgehead atoms. The SMILES string of the molecule is Cc1n[nH]c(C)c1S(=O)(=O)Nc1ccc(-c2ccc(N3CCC(C)CC3)nn2)cc1. The fourth-order valence-corrected chi connectivity index (χ4v) is 5.17. The van der Waals surface area contributed by atoms with E-state index in [0.717, 1.165) is 36.1 Å². The number of sulfonamides is 1. The normalized spacial score (nSPS) is 15.4. The number of piperidine rings is 1. The number of benzene rings is 1. The molecule has 3 heterocycles. The molecule has 1 aliphatic rings. The average Bonchev–Trinajstić information content (AvgIpc) is 3.08. The van der Waals surface area contributed by atoms with Gasteiger partial charge in [-0.3, -0.25) is 9.82 Å². The van der Waals surface area contributed by atoms with E-state index in [4.69, 9.17) is 0 Å². The molecule has 3 aromatic rings. The molecule has 0 amide bonds. The number of anilines is 2. The van der Waals surface area contributed by atoms with Crippen LogP contribution >= 0.6 is 0 Å². The van der Waals surface area contributed by atoms with Gasteiger partial charge in [0.25, 0.3) is 10.0 Å². The Hall–Kier alpha value is -2.94. The minimum atomic E-state index is -3.71. The number of rotatable bonds is 5. The lowest BCUT2D eigenvalue weighted by Gasteiger charge is -2.30. The van der Waals surface area contributed by atoms with E-state index in [1.807, 2.05) is 24.3 Å². The van der Waals surface area contributed by atoms with Crippen molar-refractivity contribution < 1.29 is 8.42 Å². The topological polar surface area (TPSA) is 104 Å². The van der Waals surface area contributed by atoms with E-state index in [1.165, 1.54) is 12.8 Å². The molecule has 1 saturated heterocycles. The quantitative estimate of drug-likeness (QED) is 0.647. The minimum Gasteiger partial charge on any atom is -0.355 e. The second-order valence-electron chi connectivity index (χ2n) is 7.89. The Balaban J connectivity index is 1.47. The molecule has 1 fully saturated rings.